The van der Waals surface area contributed by atoms with Gasteiger partial charge in [-0.15, -0.1) is 12.4 Å². The lowest BCUT2D eigenvalue weighted by molar-refractivity contribution is 0.213. The van der Waals surface area contributed by atoms with Gasteiger partial charge in [-0.05, 0) is 68.0 Å². The third-order valence-corrected chi connectivity index (χ3v) is 4.28. The van der Waals surface area contributed by atoms with Gasteiger partial charge in [0.1, 0.15) is 5.75 Å². The molecule has 1 unspecified atom stereocenters. The van der Waals surface area contributed by atoms with Crippen LogP contribution in [0.3, 0.4) is 0 Å². The van der Waals surface area contributed by atoms with E-state index in [1.165, 1.54) is 18.4 Å². The molecular weight excluding hydrogens is 293 g/mol. The van der Waals surface area contributed by atoms with Crippen molar-refractivity contribution < 1.29 is 4.74 Å². The van der Waals surface area contributed by atoms with Gasteiger partial charge >= 0.3 is 0 Å². The molecule has 2 rings (SSSR count). The van der Waals surface area contributed by atoms with Crippen molar-refractivity contribution in [1.29, 1.82) is 0 Å². The van der Waals surface area contributed by atoms with Gasteiger partial charge in [0.05, 0.1) is 6.61 Å². The lowest BCUT2D eigenvalue weighted by Gasteiger charge is -2.24. The van der Waals surface area contributed by atoms with Crippen molar-refractivity contribution in [3.05, 3.63) is 28.8 Å². The van der Waals surface area contributed by atoms with Crippen molar-refractivity contribution in [3.63, 3.8) is 0 Å². The van der Waals surface area contributed by atoms with Crippen LogP contribution in [0.15, 0.2) is 18.2 Å². The minimum absolute atomic E-state index is 0. The number of ether oxygens (including phenoxy) is 1. The summed E-state index contributed by atoms with van der Waals surface area (Å²) in [6.45, 7) is 7.48. The number of nitrogens with one attached hydrogen (secondary N) is 1. The van der Waals surface area contributed by atoms with Crippen LogP contribution in [-0.2, 0) is 0 Å². The fraction of sp³-hybridized carbons (Fsp3) is 0.625. The molecule has 0 bridgehead atoms. The predicted octanol–water partition coefficient (Wildman–Crippen LogP) is 4.65. The van der Waals surface area contributed by atoms with Gasteiger partial charge in [-0.1, -0.05) is 25.4 Å². The standard InChI is InChI=1S/C16H24ClNO.ClH/c1-3-12(2)15-10-14(17)4-5-16(15)19-11-13-6-8-18-9-7-13;/h4-5,10,12-13,18H,3,6-9,11H2,1-2H3;1H. The number of hydrogen-bond donors (Lipinski definition) is 1. The average molecular weight is 318 g/mol. The number of halogens is 2. The molecule has 0 saturated carbocycles. The summed E-state index contributed by atoms with van der Waals surface area (Å²) in [5, 5.41) is 4.18. The van der Waals surface area contributed by atoms with E-state index in [0.717, 1.165) is 36.9 Å². The van der Waals surface area contributed by atoms with Gasteiger partial charge in [-0.25, -0.2) is 0 Å². The molecule has 0 aliphatic carbocycles. The van der Waals surface area contributed by atoms with Gasteiger partial charge in [0.2, 0.25) is 0 Å². The highest BCUT2D eigenvalue weighted by atomic mass is 35.5. The Balaban J connectivity index is 0.00000200. The van der Waals surface area contributed by atoms with Crippen LogP contribution < -0.4 is 10.1 Å². The summed E-state index contributed by atoms with van der Waals surface area (Å²) in [7, 11) is 0. The van der Waals surface area contributed by atoms with E-state index in [0.29, 0.717) is 11.8 Å². The van der Waals surface area contributed by atoms with E-state index in [-0.39, 0.29) is 12.4 Å². The molecule has 0 spiro atoms. The van der Waals surface area contributed by atoms with Crippen LogP contribution in [-0.4, -0.2) is 19.7 Å². The maximum atomic E-state index is 6.10. The molecule has 1 saturated heterocycles. The first-order chi connectivity index (χ1) is 9.20. The molecule has 1 N–H and O–H groups in total. The summed E-state index contributed by atoms with van der Waals surface area (Å²) in [6, 6.07) is 5.99. The maximum absolute atomic E-state index is 6.10. The van der Waals surface area contributed by atoms with Crippen molar-refractivity contribution in [2.75, 3.05) is 19.7 Å². The Morgan fingerprint density at radius 1 is 1.35 bits per heavy atom. The van der Waals surface area contributed by atoms with Crippen LogP contribution in [0.2, 0.25) is 5.02 Å². The maximum Gasteiger partial charge on any atom is 0.122 e. The lowest BCUT2D eigenvalue weighted by Crippen LogP contribution is -2.30. The molecule has 1 aromatic carbocycles. The molecule has 0 aromatic heterocycles. The van der Waals surface area contributed by atoms with Crippen LogP contribution in [0.4, 0.5) is 0 Å². The number of piperidine rings is 1. The summed E-state index contributed by atoms with van der Waals surface area (Å²) in [6.07, 6.45) is 3.53. The van der Waals surface area contributed by atoms with E-state index in [4.69, 9.17) is 16.3 Å². The second-order valence-corrected chi connectivity index (χ2v) is 5.93. The summed E-state index contributed by atoms with van der Waals surface area (Å²) < 4.78 is 6.07. The second kappa shape index (κ2) is 8.76. The lowest BCUT2D eigenvalue weighted by atomic mass is 9.97. The van der Waals surface area contributed by atoms with E-state index in [1.807, 2.05) is 18.2 Å². The SMILES string of the molecule is CCC(C)c1cc(Cl)ccc1OCC1CCNCC1.Cl. The Morgan fingerprint density at radius 2 is 2.05 bits per heavy atom. The van der Waals surface area contributed by atoms with Crippen molar-refractivity contribution in [2.45, 2.75) is 39.0 Å². The Labute approximate surface area is 133 Å². The minimum atomic E-state index is 0. The molecule has 20 heavy (non-hydrogen) atoms. The molecule has 1 aliphatic heterocycles. The van der Waals surface area contributed by atoms with Crippen LogP contribution in [0.25, 0.3) is 0 Å². The predicted molar refractivity (Wildman–Crippen MR) is 88.5 cm³/mol. The van der Waals surface area contributed by atoms with Crippen molar-refractivity contribution in [3.8, 4) is 5.75 Å². The topological polar surface area (TPSA) is 21.3 Å². The van der Waals surface area contributed by atoms with Crippen molar-refractivity contribution >= 4 is 24.0 Å². The Kier molecular flexibility index (Phi) is 7.71. The van der Waals surface area contributed by atoms with Crippen LogP contribution in [0.5, 0.6) is 5.75 Å². The molecule has 1 atom stereocenters. The molecule has 1 heterocycles. The number of rotatable bonds is 5. The van der Waals surface area contributed by atoms with Crippen LogP contribution in [0, 0.1) is 5.92 Å². The smallest absolute Gasteiger partial charge is 0.122 e. The normalized spacial score (nSPS) is 17.4. The van der Waals surface area contributed by atoms with Crippen molar-refractivity contribution in [2.24, 2.45) is 5.92 Å². The van der Waals surface area contributed by atoms with Gasteiger partial charge in [0.25, 0.3) is 0 Å². The Hall–Kier alpha value is -0.440. The molecule has 1 fully saturated rings. The average Bonchev–Trinajstić information content (AvgIpc) is 2.46. The third-order valence-electron chi connectivity index (χ3n) is 4.05. The van der Waals surface area contributed by atoms with Gasteiger partial charge in [-0.2, -0.15) is 0 Å². The number of hydrogen-bond acceptors (Lipinski definition) is 2. The third kappa shape index (κ3) is 4.83. The second-order valence-electron chi connectivity index (χ2n) is 5.50. The van der Waals surface area contributed by atoms with E-state index in [9.17, 15) is 0 Å². The van der Waals surface area contributed by atoms with E-state index in [1.54, 1.807) is 0 Å². The zero-order valence-corrected chi connectivity index (χ0v) is 13.9. The van der Waals surface area contributed by atoms with Gasteiger partial charge in [0, 0.05) is 5.02 Å². The van der Waals surface area contributed by atoms with Gasteiger partial charge in [0.15, 0.2) is 0 Å². The van der Waals surface area contributed by atoms with Crippen LogP contribution in [0.1, 0.15) is 44.6 Å². The molecule has 114 valence electrons. The Morgan fingerprint density at radius 3 is 2.70 bits per heavy atom. The highest BCUT2D eigenvalue weighted by Gasteiger charge is 2.16. The van der Waals surface area contributed by atoms with E-state index < -0.39 is 0 Å². The zero-order valence-electron chi connectivity index (χ0n) is 12.3. The molecule has 1 aromatic rings. The van der Waals surface area contributed by atoms with Crippen molar-refractivity contribution in [1.82, 2.24) is 5.32 Å². The summed E-state index contributed by atoms with van der Waals surface area (Å²) in [5.74, 6) is 2.18. The molecule has 0 amide bonds. The Bertz CT molecular complexity index is 405. The highest BCUT2D eigenvalue weighted by molar-refractivity contribution is 6.30. The molecule has 1 aliphatic rings. The highest BCUT2D eigenvalue weighted by Crippen LogP contribution is 2.32. The van der Waals surface area contributed by atoms with Gasteiger partial charge < -0.3 is 10.1 Å². The minimum Gasteiger partial charge on any atom is -0.493 e. The van der Waals surface area contributed by atoms with Crippen LogP contribution >= 0.6 is 24.0 Å². The fourth-order valence-electron chi connectivity index (χ4n) is 2.51. The molecule has 4 heteroatoms. The largest absolute Gasteiger partial charge is 0.493 e. The summed E-state index contributed by atoms with van der Waals surface area (Å²) in [5.41, 5.74) is 1.24. The molecular formula is C16H25Cl2NO. The zero-order chi connectivity index (χ0) is 13.7. The van der Waals surface area contributed by atoms with Gasteiger partial charge in [-0.3, -0.25) is 0 Å². The summed E-state index contributed by atoms with van der Waals surface area (Å²) in [4.78, 5) is 0. The van der Waals surface area contributed by atoms with E-state index >= 15 is 0 Å². The molecule has 0 radical (unpaired) electrons. The van der Waals surface area contributed by atoms with E-state index in [2.05, 4.69) is 19.2 Å². The first-order valence-electron chi connectivity index (χ1n) is 7.33. The molecule has 2 nitrogen and oxygen atoms in total. The quantitative estimate of drug-likeness (QED) is 0.853. The summed E-state index contributed by atoms with van der Waals surface area (Å²) >= 11 is 6.10. The fourth-order valence-corrected chi connectivity index (χ4v) is 2.69. The first kappa shape index (κ1) is 17.6. The number of benzene rings is 1. The first-order valence-corrected chi connectivity index (χ1v) is 7.71. The monoisotopic (exact) mass is 317 g/mol.